The molecule has 114 valence electrons. The molecule has 1 saturated heterocycles. The second-order valence-corrected chi connectivity index (χ2v) is 4.69. The number of rotatable bonds is 4. The lowest BCUT2D eigenvalue weighted by atomic mass is 9.91. The fourth-order valence-electron chi connectivity index (χ4n) is 2.29. The Bertz CT molecular complexity index is 374. The Labute approximate surface area is 117 Å². The second-order valence-electron chi connectivity index (χ2n) is 4.69. The molecule has 0 aliphatic carbocycles. The van der Waals surface area contributed by atoms with Crippen molar-refractivity contribution in [1.82, 2.24) is 10.2 Å². The van der Waals surface area contributed by atoms with Crippen LogP contribution in [0.15, 0.2) is 0 Å². The fraction of sp³-hybridized carbons (Fsp3) is 0.750. The first-order chi connectivity index (χ1) is 9.46. The topological polar surface area (TPSA) is 111 Å². The van der Waals surface area contributed by atoms with E-state index >= 15 is 0 Å². The van der Waals surface area contributed by atoms with Crippen LogP contribution in [0.25, 0.3) is 0 Å². The minimum absolute atomic E-state index is 0.101. The predicted molar refractivity (Wildman–Crippen MR) is 69.8 cm³/mol. The number of carbonyl (C=O) groups excluding carboxylic acids is 3. The molecule has 1 heterocycles. The van der Waals surface area contributed by atoms with Crippen LogP contribution >= 0.6 is 0 Å². The Balaban J connectivity index is 2.62. The van der Waals surface area contributed by atoms with Gasteiger partial charge in [-0.2, -0.15) is 0 Å². The Morgan fingerprint density at radius 3 is 2.60 bits per heavy atom. The van der Waals surface area contributed by atoms with Crippen molar-refractivity contribution in [2.75, 3.05) is 26.8 Å². The van der Waals surface area contributed by atoms with E-state index in [1.165, 1.54) is 12.0 Å². The molecule has 8 heteroatoms. The Morgan fingerprint density at radius 2 is 2.05 bits per heavy atom. The molecule has 1 aliphatic heterocycles. The van der Waals surface area contributed by atoms with Crippen LogP contribution < -0.4 is 11.1 Å². The monoisotopic (exact) mass is 287 g/mol. The van der Waals surface area contributed by atoms with Crippen LogP contribution in [0.4, 0.5) is 9.59 Å². The molecule has 0 aromatic rings. The van der Waals surface area contributed by atoms with Gasteiger partial charge in [0.15, 0.2) is 0 Å². The van der Waals surface area contributed by atoms with Gasteiger partial charge in [0.2, 0.25) is 0 Å². The van der Waals surface area contributed by atoms with Crippen LogP contribution in [0.1, 0.15) is 19.8 Å². The van der Waals surface area contributed by atoms with Crippen molar-refractivity contribution in [2.45, 2.75) is 25.8 Å². The Morgan fingerprint density at radius 1 is 1.35 bits per heavy atom. The van der Waals surface area contributed by atoms with E-state index in [1.807, 2.05) is 0 Å². The summed E-state index contributed by atoms with van der Waals surface area (Å²) < 4.78 is 9.42. The number of nitrogens with two attached hydrogens (primary N) is 1. The normalized spacial score (nSPS) is 22.0. The van der Waals surface area contributed by atoms with E-state index in [9.17, 15) is 14.4 Å². The fourth-order valence-corrected chi connectivity index (χ4v) is 2.29. The summed E-state index contributed by atoms with van der Waals surface area (Å²) in [6.07, 6.45) is 0.208. The highest BCUT2D eigenvalue weighted by atomic mass is 16.5. The molecule has 8 nitrogen and oxygen atoms in total. The molecule has 0 radical (unpaired) electrons. The lowest BCUT2D eigenvalue weighted by Crippen LogP contribution is -2.54. The van der Waals surface area contributed by atoms with Gasteiger partial charge in [-0.15, -0.1) is 0 Å². The van der Waals surface area contributed by atoms with Gasteiger partial charge in [-0.3, -0.25) is 4.79 Å². The second kappa shape index (κ2) is 7.56. The number of esters is 1. The maximum atomic E-state index is 11.4. The number of nitrogens with one attached hydrogen (secondary N) is 1. The molecule has 2 atom stereocenters. The van der Waals surface area contributed by atoms with E-state index in [0.29, 0.717) is 19.5 Å². The highest BCUT2D eigenvalue weighted by Crippen LogP contribution is 2.20. The minimum atomic E-state index is -0.574. The number of nitrogens with zero attached hydrogens (tertiary/aromatic N) is 1. The molecule has 3 amide bonds. The SMILES string of the molecule is CCOC(=O)NC1CC(CC(=O)OC)CN(C(N)=O)C1. The number of urea groups is 1. The van der Waals surface area contributed by atoms with Crippen LogP contribution in [-0.2, 0) is 14.3 Å². The van der Waals surface area contributed by atoms with Gasteiger partial charge in [0.05, 0.1) is 26.2 Å². The molecule has 20 heavy (non-hydrogen) atoms. The molecular formula is C12H21N3O5. The summed E-state index contributed by atoms with van der Waals surface area (Å²) in [4.78, 5) is 35.4. The summed E-state index contributed by atoms with van der Waals surface area (Å²) in [7, 11) is 1.31. The van der Waals surface area contributed by atoms with Gasteiger partial charge >= 0.3 is 18.1 Å². The predicted octanol–water partition coefficient (Wildman–Crippen LogP) is 0.0648. The number of hydrogen-bond donors (Lipinski definition) is 2. The summed E-state index contributed by atoms with van der Waals surface area (Å²) in [5, 5.41) is 2.66. The molecule has 0 saturated carbocycles. The van der Waals surface area contributed by atoms with Gasteiger partial charge in [-0.25, -0.2) is 9.59 Å². The number of hydrogen-bond acceptors (Lipinski definition) is 5. The van der Waals surface area contributed by atoms with Crippen molar-refractivity contribution in [3.05, 3.63) is 0 Å². The first-order valence-corrected chi connectivity index (χ1v) is 6.50. The van der Waals surface area contributed by atoms with Crippen LogP contribution in [-0.4, -0.2) is 55.8 Å². The molecule has 1 rings (SSSR count). The maximum absolute atomic E-state index is 11.4. The van der Waals surface area contributed by atoms with Crippen molar-refractivity contribution in [1.29, 1.82) is 0 Å². The van der Waals surface area contributed by atoms with Crippen LogP contribution in [0.3, 0.4) is 0 Å². The van der Waals surface area contributed by atoms with E-state index in [2.05, 4.69) is 10.1 Å². The van der Waals surface area contributed by atoms with E-state index in [1.54, 1.807) is 6.92 Å². The molecule has 0 bridgehead atoms. The largest absolute Gasteiger partial charge is 0.469 e. The lowest BCUT2D eigenvalue weighted by molar-refractivity contribution is -0.142. The molecule has 3 N–H and O–H groups in total. The molecule has 0 spiro atoms. The van der Waals surface area contributed by atoms with Crippen molar-refractivity contribution in [2.24, 2.45) is 11.7 Å². The number of piperidine rings is 1. The van der Waals surface area contributed by atoms with Crippen LogP contribution in [0.2, 0.25) is 0 Å². The number of ether oxygens (including phenoxy) is 2. The number of amides is 3. The van der Waals surface area contributed by atoms with Gasteiger partial charge in [0.25, 0.3) is 0 Å². The van der Waals surface area contributed by atoms with Gasteiger partial charge in [0.1, 0.15) is 0 Å². The number of likely N-dealkylation sites (tertiary alicyclic amines) is 1. The summed E-state index contributed by atoms with van der Waals surface area (Å²) in [5.41, 5.74) is 5.27. The zero-order valence-electron chi connectivity index (χ0n) is 11.8. The molecule has 0 aromatic heterocycles. The van der Waals surface area contributed by atoms with Crippen molar-refractivity contribution >= 4 is 18.1 Å². The third-order valence-electron chi connectivity index (χ3n) is 3.13. The van der Waals surface area contributed by atoms with Crippen molar-refractivity contribution in [3.8, 4) is 0 Å². The highest BCUT2D eigenvalue weighted by molar-refractivity contribution is 5.73. The van der Waals surface area contributed by atoms with E-state index in [4.69, 9.17) is 10.5 Å². The highest BCUT2D eigenvalue weighted by Gasteiger charge is 2.31. The third kappa shape index (κ3) is 4.94. The van der Waals surface area contributed by atoms with Crippen molar-refractivity contribution < 1.29 is 23.9 Å². The first kappa shape index (κ1) is 16.1. The molecule has 1 aliphatic rings. The lowest BCUT2D eigenvalue weighted by Gasteiger charge is -2.36. The average molecular weight is 287 g/mol. The zero-order chi connectivity index (χ0) is 15.1. The van der Waals surface area contributed by atoms with Gasteiger partial charge in [-0.05, 0) is 19.3 Å². The van der Waals surface area contributed by atoms with Gasteiger partial charge in [0, 0.05) is 13.1 Å². The first-order valence-electron chi connectivity index (χ1n) is 6.50. The number of methoxy groups -OCH3 is 1. The maximum Gasteiger partial charge on any atom is 0.407 e. The summed E-state index contributed by atoms with van der Waals surface area (Å²) in [6.45, 7) is 2.66. The molecule has 2 unspecified atom stereocenters. The number of alkyl carbamates (subject to hydrolysis) is 1. The van der Waals surface area contributed by atoms with Crippen LogP contribution in [0.5, 0.6) is 0 Å². The minimum Gasteiger partial charge on any atom is -0.469 e. The van der Waals surface area contributed by atoms with Crippen molar-refractivity contribution in [3.63, 3.8) is 0 Å². The van der Waals surface area contributed by atoms with Crippen LogP contribution in [0, 0.1) is 5.92 Å². The summed E-state index contributed by atoms with van der Waals surface area (Å²) >= 11 is 0. The summed E-state index contributed by atoms with van der Waals surface area (Å²) in [6, 6.07) is -0.861. The standard InChI is InChI=1S/C12H21N3O5/c1-3-20-12(18)14-9-4-8(5-10(16)19-2)6-15(7-9)11(13)17/h8-9H,3-7H2,1-2H3,(H2,13,17)(H,14,18). The third-order valence-corrected chi connectivity index (χ3v) is 3.13. The van der Waals surface area contributed by atoms with E-state index < -0.39 is 12.1 Å². The number of primary amides is 1. The summed E-state index contributed by atoms with van der Waals surface area (Å²) in [5.74, 6) is -0.452. The van der Waals surface area contributed by atoms with Gasteiger partial charge in [-0.1, -0.05) is 0 Å². The van der Waals surface area contributed by atoms with E-state index in [-0.39, 0.29) is 31.0 Å². The zero-order valence-corrected chi connectivity index (χ0v) is 11.8. The molecular weight excluding hydrogens is 266 g/mol. The smallest absolute Gasteiger partial charge is 0.407 e. The van der Waals surface area contributed by atoms with Gasteiger partial charge < -0.3 is 25.4 Å². The quantitative estimate of drug-likeness (QED) is 0.710. The Kier molecular flexibility index (Phi) is 6.08. The molecule has 1 fully saturated rings. The van der Waals surface area contributed by atoms with E-state index in [0.717, 1.165) is 0 Å². The molecule has 0 aromatic carbocycles. The average Bonchev–Trinajstić information content (AvgIpc) is 2.38. The number of carbonyl (C=O) groups is 3. The Hall–Kier alpha value is -1.99.